The molecule has 1 aliphatic heterocycles. The average molecular weight is 488 g/mol. The number of thiazole rings is 1. The molecule has 12 heteroatoms. The van der Waals surface area contributed by atoms with E-state index in [9.17, 15) is 23.3 Å². The molecule has 1 saturated heterocycles. The van der Waals surface area contributed by atoms with Crippen LogP contribution < -0.4 is 0 Å². The lowest BCUT2D eigenvalue weighted by Crippen LogP contribution is -2.51. The summed E-state index contributed by atoms with van der Waals surface area (Å²) in [6.07, 6.45) is 3.53. The number of aryl methyl sites for hydroxylation is 1. The van der Waals surface area contributed by atoms with Crippen LogP contribution in [0.4, 0.5) is 5.69 Å². The normalized spacial score (nSPS) is 14.9. The van der Waals surface area contributed by atoms with Gasteiger partial charge in [0.05, 0.1) is 21.9 Å². The average Bonchev–Trinajstić information content (AvgIpc) is 3.28. The maximum absolute atomic E-state index is 13.1. The molecule has 0 aliphatic carbocycles. The van der Waals surface area contributed by atoms with Gasteiger partial charge >= 0.3 is 0 Å². The Bertz CT molecular complexity index is 1290. The molecule has 4 rings (SSSR count). The Hall–Kier alpha value is -3.22. The molecule has 0 unspecified atom stereocenters. The number of carbonyl (C=O) groups is 1. The van der Waals surface area contributed by atoms with Gasteiger partial charge in [0.15, 0.2) is 0 Å². The molecule has 1 fully saturated rings. The van der Waals surface area contributed by atoms with E-state index in [2.05, 4.69) is 9.97 Å². The van der Waals surface area contributed by atoms with Crippen molar-refractivity contribution in [1.82, 2.24) is 19.2 Å². The summed E-state index contributed by atoms with van der Waals surface area (Å²) >= 11 is 1.44. The van der Waals surface area contributed by atoms with Crippen molar-refractivity contribution in [2.24, 2.45) is 0 Å². The van der Waals surface area contributed by atoms with Gasteiger partial charge in [-0.1, -0.05) is 6.07 Å². The Morgan fingerprint density at radius 3 is 2.64 bits per heavy atom. The number of rotatable bonds is 6. The predicted octanol–water partition coefficient (Wildman–Crippen LogP) is 2.50. The largest absolute Gasteiger partial charge is 0.340 e. The molecule has 0 atom stereocenters. The second-order valence-electron chi connectivity index (χ2n) is 7.55. The highest BCUT2D eigenvalue weighted by Crippen LogP contribution is 2.26. The molecule has 1 aromatic carbocycles. The smallest absolute Gasteiger partial charge is 0.270 e. The lowest BCUT2D eigenvalue weighted by Gasteiger charge is -2.34. The second kappa shape index (κ2) is 9.33. The maximum atomic E-state index is 13.1. The van der Waals surface area contributed by atoms with Crippen LogP contribution in [0.1, 0.15) is 11.3 Å². The Morgan fingerprint density at radius 1 is 1.21 bits per heavy atom. The van der Waals surface area contributed by atoms with Crippen LogP contribution in [0, 0.1) is 17.0 Å². The quantitative estimate of drug-likeness (QED) is 0.386. The number of nitro groups is 1. The molecule has 33 heavy (non-hydrogen) atoms. The number of pyridine rings is 1. The minimum atomic E-state index is -3.91. The Balaban J connectivity index is 1.40. The predicted molar refractivity (Wildman–Crippen MR) is 122 cm³/mol. The highest BCUT2D eigenvalue weighted by atomic mass is 32.2. The zero-order chi connectivity index (χ0) is 23.6. The molecule has 3 heterocycles. The van der Waals surface area contributed by atoms with Crippen molar-refractivity contribution < 1.29 is 18.1 Å². The summed E-state index contributed by atoms with van der Waals surface area (Å²) in [4.78, 5) is 33.3. The van der Waals surface area contributed by atoms with Crippen molar-refractivity contribution in [3.05, 3.63) is 69.5 Å². The van der Waals surface area contributed by atoms with E-state index in [1.54, 1.807) is 24.2 Å². The third-order valence-electron chi connectivity index (χ3n) is 5.38. The highest BCUT2D eigenvalue weighted by molar-refractivity contribution is 7.89. The summed E-state index contributed by atoms with van der Waals surface area (Å²) in [6, 6.07) is 7.52. The standard InChI is InChI=1S/C21H21N5O5S2/c1-15-4-5-18(26(28)29)12-19(15)33(30,31)25-9-7-24(8-10-25)20(27)11-17-14-32-21(23-17)16-3-2-6-22-13-16/h2-6,12-14H,7-11H2,1H3. The molecule has 172 valence electrons. The van der Waals surface area contributed by atoms with Crippen LogP contribution in [0.15, 0.2) is 53.0 Å². The first kappa shape index (κ1) is 23.0. The molecule has 0 N–H and O–H groups in total. The van der Waals surface area contributed by atoms with Crippen LogP contribution in [0.2, 0.25) is 0 Å². The number of amides is 1. The third-order valence-corrected chi connectivity index (χ3v) is 8.37. The number of sulfonamides is 1. The number of nitrogens with zero attached hydrogens (tertiary/aromatic N) is 5. The molecule has 2 aromatic heterocycles. The lowest BCUT2D eigenvalue weighted by molar-refractivity contribution is -0.385. The SMILES string of the molecule is Cc1ccc([N+](=O)[O-])cc1S(=O)(=O)N1CCN(C(=O)Cc2csc(-c3cccnc3)n2)CC1. The molecule has 0 spiro atoms. The highest BCUT2D eigenvalue weighted by Gasteiger charge is 2.32. The number of piperazine rings is 1. The first-order valence-electron chi connectivity index (χ1n) is 10.1. The Labute approximate surface area is 194 Å². The summed E-state index contributed by atoms with van der Waals surface area (Å²) in [5.74, 6) is -0.124. The maximum Gasteiger partial charge on any atom is 0.270 e. The van der Waals surface area contributed by atoms with Crippen molar-refractivity contribution in [1.29, 1.82) is 0 Å². The fourth-order valence-corrected chi connectivity index (χ4v) is 6.05. The minimum Gasteiger partial charge on any atom is -0.340 e. The van der Waals surface area contributed by atoms with E-state index in [-0.39, 0.29) is 49.1 Å². The van der Waals surface area contributed by atoms with Gasteiger partial charge in [-0.05, 0) is 24.6 Å². The molecule has 0 saturated carbocycles. The van der Waals surface area contributed by atoms with Gasteiger partial charge in [0.1, 0.15) is 5.01 Å². The number of hydrogen-bond acceptors (Lipinski definition) is 8. The van der Waals surface area contributed by atoms with Crippen LogP contribution in [-0.4, -0.2) is 64.6 Å². The number of aromatic nitrogens is 2. The molecule has 1 amide bonds. The number of benzene rings is 1. The first-order chi connectivity index (χ1) is 15.8. The van der Waals surface area contributed by atoms with Gasteiger partial charge < -0.3 is 4.90 Å². The van der Waals surface area contributed by atoms with E-state index in [1.165, 1.54) is 27.8 Å². The van der Waals surface area contributed by atoms with Crippen molar-refractivity contribution >= 4 is 33.0 Å². The Morgan fingerprint density at radius 2 is 1.97 bits per heavy atom. The fourth-order valence-electron chi connectivity index (χ4n) is 3.57. The molecule has 0 bridgehead atoms. The Kier molecular flexibility index (Phi) is 6.49. The minimum absolute atomic E-state index is 0.0816. The van der Waals surface area contributed by atoms with Gasteiger partial charge in [-0.2, -0.15) is 4.31 Å². The van der Waals surface area contributed by atoms with Crippen LogP contribution >= 0.6 is 11.3 Å². The first-order valence-corrected chi connectivity index (χ1v) is 12.5. The third kappa shape index (κ3) is 4.92. The summed E-state index contributed by atoms with van der Waals surface area (Å²) in [7, 11) is -3.91. The van der Waals surface area contributed by atoms with E-state index in [0.717, 1.165) is 16.6 Å². The number of non-ortho nitro benzene ring substituents is 1. The summed E-state index contributed by atoms with van der Waals surface area (Å²) in [5, 5.41) is 13.7. The zero-order valence-electron chi connectivity index (χ0n) is 17.7. The summed E-state index contributed by atoms with van der Waals surface area (Å²) in [6.45, 7) is 2.32. The topological polar surface area (TPSA) is 127 Å². The van der Waals surface area contributed by atoms with E-state index < -0.39 is 14.9 Å². The van der Waals surface area contributed by atoms with E-state index in [4.69, 9.17) is 0 Å². The number of carbonyl (C=O) groups excluding carboxylic acids is 1. The van der Waals surface area contributed by atoms with Crippen molar-refractivity contribution in [3.8, 4) is 10.6 Å². The van der Waals surface area contributed by atoms with Crippen LogP contribution in [-0.2, 0) is 21.2 Å². The second-order valence-corrected chi connectivity index (χ2v) is 10.3. The zero-order valence-corrected chi connectivity index (χ0v) is 19.4. The molecule has 0 radical (unpaired) electrons. The molecule has 3 aromatic rings. The van der Waals surface area contributed by atoms with Crippen LogP contribution in [0.3, 0.4) is 0 Å². The molecular weight excluding hydrogens is 466 g/mol. The van der Waals surface area contributed by atoms with Gasteiger partial charge in [0, 0.05) is 61.6 Å². The van der Waals surface area contributed by atoms with E-state index >= 15 is 0 Å². The monoisotopic (exact) mass is 487 g/mol. The van der Waals surface area contributed by atoms with Crippen molar-refractivity contribution in [2.45, 2.75) is 18.2 Å². The van der Waals surface area contributed by atoms with Crippen LogP contribution in [0.25, 0.3) is 10.6 Å². The van der Waals surface area contributed by atoms with E-state index in [1.807, 2.05) is 17.5 Å². The molecular formula is C21H21N5O5S2. The lowest BCUT2D eigenvalue weighted by atomic mass is 10.2. The van der Waals surface area contributed by atoms with Crippen LogP contribution in [0.5, 0.6) is 0 Å². The van der Waals surface area contributed by atoms with Gasteiger partial charge in [-0.15, -0.1) is 11.3 Å². The van der Waals surface area contributed by atoms with Crippen molar-refractivity contribution in [2.75, 3.05) is 26.2 Å². The fraction of sp³-hybridized carbons (Fsp3) is 0.286. The molecule has 10 nitrogen and oxygen atoms in total. The molecule has 1 aliphatic rings. The van der Waals surface area contributed by atoms with Crippen molar-refractivity contribution in [3.63, 3.8) is 0 Å². The van der Waals surface area contributed by atoms with Gasteiger partial charge in [0.25, 0.3) is 5.69 Å². The summed E-state index contributed by atoms with van der Waals surface area (Å²) < 4.78 is 27.4. The number of hydrogen-bond donors (Lipinski definition) is 0. The van der Waals surface area contributed by atoms with Gasteiger partial charge in [-0.25, -0.2) is 13.4 Å². The van der Waals surface area contributed by atoms with Gasteiger partial charge in [0.2, 0.25) is 15.9 Å². The van der Waals surface area contributed by atoms with E-state index in [0.29, 0.717) is 11.3 Å². The van der Waals surface area contributed by atoms with Gasteiger partial charge in [-0.3, -0.25) is 19.9 Å². The number of nitro benzene ring substituents is 1. The summed E-state index contributed by atoms with van der Waals surface area (Å²) in [5.41, 5.74) is 1.71.